The number of urea groups is 1. The molecule has 3 amide bonds. The van der Waals surface area contributed by atoms with E-state index in [1.807, 2.05) is 30.5 Å². The monoisotopic (exact) mass is 415 g/mol. The van der Waals surface area contributed by atoms with Crippen molar-refractivity contribution >= 4 is 52.6 Å². The predicted octanol–water partition coefficient (Wildman–Crippen LogP) is 4.55. The molecule has 2 saturated heterocycles. The van der Waals surface area contributed by atoms with Crippen molar-refractivity contribution in [2.24, 2.45) is 5.92 Å². The van der Waals surface area contributed by atoms with Gasteiger partial charge in [-0.25, -0.2) is 4.79 Å². The molecule has 1 N–H and O–H groups in total. The zero-order valence-corrected chi connectivity index (χ0v) is 17.3. The van der Waals surface area contributed by atoms with Crippen molar-refractivity contribution in [2.45, 2.75) is 31.6 Å². The highest BCUT2D eigenvalue weighted by molar-refractivity contribution is 8.00. The molecule has 0 atom stereocenters. The summed E-state index contributed by atoms with van der Waals surface area (Å²) >= 11 is 13.8. The molecule has 26 heavy (non-hydrogen) atoms. The molecule has 142 valence electrons. The second kappa shape index (κ2) is 7.87. The van der Waals surface area contributed by atoms with Gasteiger partial charge in [0, 0.05) is 37.0 Å². The van der Waals surface area contributed by atoms with E-state index in [-0.39, 0.29) is 22.7 Å². The van der Waals surface area contributed by atoms with Crippen LogP contribution in [-0.4, -0.2) is 52.0 Å². The van der Waals surface area contributed by atoms with E-state index in [2.05, 4.69) is 5.32 Å². The van der Waals surface area contributed by atoms with Gasteiger partial charge in [-0.15, -0.1) is 11.8 Å². The lowest BCUT2D eigenvalue weighted by molar-refractivity contribution is -0.137. The lowest BCUT2D eigenvalue weighted by atomic mass is 10.0. The molecule has 1 aromatic rings. The minimum Gasteiger partial charge on any atom is -0.327 e. The van der Waals surface area contributed by atoms with Gasteiger partial charge in [0.15, 0.2) is 0 Å². The van der Waals surface area contributed by atoms with Gasteiger partial charge in [-0.1, -0.05) is 37.0 Å². The van der Waals surface area contributed by atoms with Crippen LogP contribution in [0.25, 0.3) is 0 Å². The number of anilines is 1. The number of carbonyl (C=O) groups excluding carboxylic acids is 2. The molecule has 2 fully saturated rings. The molecule has 1 spiro atoms. The summed E-state index contributed by atoms with van der Waals surface area (Å²) in [6, 6.07) is 4.88. The molecule has 0 aliphatic carbocycles. The fraction of sp³-hybridized carbons (Fsp3) is 0.556. The predicted molar refractivity (Wildman–Crippen MR) is 108 cm³/mol. The van der Waals surface area contributed by atoms with Gasteiger partial charge in [0.05, 0.1) is 14.9 Å². The van der Waals surface area contributed by atoms with Gasteiger partial charge < -0.3 is 15.1 Å². The van der Waals surface area contributed by atoms with E-state index in [1.165, 1.54) is 0 Å². The average Bonchev–Trinajstić information content (AvgIpc) is 3.01. The van der Waals surface area contributed by atoms with Crippen LogP contribution < -0.4 is 5.32 Å². The van der Waals surface area contributed by atoms with Crippen LogP contribution in [0.15, 0.2) is 18.2 Å². The molecule has 0 aromatic heterocycles. The van der Waals surface area contributed by atoms with E-state index in [4.69, 9.17) is 23.2 Å². The van der Waals surface area contributed by atoms with E-state index >= 15 is 0 Å². The van der Waals surface area contributed by atoms with Crippen LogP contribution in [0.4, 0.5) is 10.5 Å². The normalized spacial score (nSPS) is 19.3. The van der Waals surface area contributed by atoms with Crippen molar-refractivity contribution in [3.8, 4) is 0 Å². The van der Waals surface area contributed by atoms with Gasteiger partial charge >= 0.3 is 6.03 Å². The Morgan fingerprint density at radius 2 is 1.85 bits per heavy atom. The summed E-state index contributed by atoms with van der Waals surface area (Å²) in [5.74, 6) is 1.18. The lowest BCUT2D eigenvalue weighted by Crippen LogP contribution is -2.55. The van der Waals surface area contributed by atoms with Gasteiger partial charge in [0.1, 0.15) is 0 Å². The van der Waals surface area contributed by atoms with Crippen molar-refractivity contribution < 1.29 is 9.59 Å². The molecule has 1 aromatic carbocycles. The molecule has 0 bridgehead atoms. The summed E-state index contributed by atoms with van der Waals surface area (Å²) in [5, 5.41) is 3.73. The number of carbonyl (C=O) groups is 2. The van der Waals surface area contributed by atoms with Crippen molar-refractivity contribution in [1.29, 1.82) is 0 Å². The first-order chi connectivity index (χ1) is 12.3. The van der Waals surface area contributed by atoms with Crippen molar-refractivity contribution in [3.05, 3.63) is 28.2 Å². The largest absolute Gasteiger partial charge is 0.327 e. The van der Waals surface area contributed by atoms with Crippen LogP contribution in [-0.2, 0) is 4.79 Å². The molecule has 2 aliphatic rings. The second-order valence-electron chi connectivity index (χ2n) is 6.99. The summed E-state index contributed by atoms with van der Waals surface area (Å²) in [6.45, 7) is 5.94. The SMILES string of the molecule is CC(C)C(=O)N1CCSC12CCN(C(=O)Nc1ccc(Cl)c(Cl)c1)CC2. The number of nitrogens with zero attached hydrogens (tertiary/aromatic N) is 2. The first-order valence-corrected chi connectivity index (χ1v) is 10.5. The van der Waals surface area contributed by atoms with Crippen LogP contribution in [0.2, 0.25) is 10.0 Å². The average molecular weight is 416 g/mol. The first-order valence-electron chi connectivity index (χ1n) is 8.79. The quantitative estimate of drug-likeness (QED) is 0.770. The Morgan fingerprint density at radius 1 is 1.15 bits per heavy atom. The molecular formula is C18H23Cl2N3O2S. The fourth-order valence-corrected chi connectivity index (χ4v) is 5.24. The summed E-state index contributed by atoms with van der Waals surface area (Å²) in [7, 11) is 0. The summed E-state index contributed by atoms with van der Waals surface area (Å²) in [5.41, 5.74) is 0.622. The zero-order chi connectivity index (χ0) is 18.9. The standard InChI is InChI=1S/C18H23Cl2N3O2S/c1-12(2)16(24)23-9-10-26-18(23)5-7-22(8-6-18)17(25)21-13-3-4-14(19)15(20)11-13/h3-4,11-12H,5-10H2,1-2H3,(H,21,25). The minimum absolute atomic E-state index is 0.00144. The molecule has 0 radical (unpaired) electrons. The number of thioether (sulfide) groups is 1. The number of likely N-dealkylation sites (tertiary alicyclic amines) is 1. The molecule has 2 heterocycles. The van der Waals surface area contributed by atoms with Gasteiger partial charge in [0.25, 0.3) is 0 Å². The van der Waals surface area contributed by atoms with Crippen LogP contribution in [0.5, 0.6) is 0 Å². The smallest absolute Gasteiger partial charge is 0.321 e. The zero-order valence-electron chi connectivity index (χ0n) is 14.9. The number of amides is 3. The van der Waals surface area contributed by atoms with Gasteiger partial charge in [-0.3, -0.25) is 4.79 Å². The maximum atomic E-state index is 12.5. The fourth-order valence-electron chi connectivity index (χ4n) is 3.48. The summed E-state index contributed by atoms with van der Waals surface area (Å²) in [4.78, 5) is 28.8. The molecule has 8 heteroatoms. The Kier molecular flexibility index (Phi) is 5.94. The Balaban J connectivity index is 1.61. The number of piperidine rings is 1. The van der Waals surface area contributed by atoms with Crippen molar-refractivity contribution in [3.63, 3.8) is 0 Å². The Labute approximate surface area is 168 Å². The Hall–Kier alpha value is -1.11. The van der Waals surface area contributed by atoms with Gasteiger partial charge in [0.2, 0.25) is 5.91 Å². The third-order valence-corrected chi connectivity index (χ3v) is 7.23. The molecule has 0 saturated carbocycles. The maximum absolute atomic E-state index is 12.5. The van der Waals surface area contributed by atoms with Crippen molar-refractivity contribution in [1.82, 2.24) is 9.80 Å². The highest BCUT2D eigenvalue weighted by Crippen LogP contribution is 2.44. The van der Waals surface area contributed by atoms with Crippen molar-refractivity contribution in [2.75, 3.05) is 30.7 Å². The van der Waals surface area contributed by atoms with Crippen LogP contribution >= 0.6 is 35.0 Å². The molecule has 3 rings (SSSR count). The highest BCUT2D eigenvalue weighted by atomic mass is 35.5. The third-order valence-electron chi connectivity index (χ3n) is 4.94. The van der Waals surface area contributed by atoms with Gasteiger partial charge in [-0.2, -0.15) is 0 Å². The molecule has 2 aliphatic heterocycles. The summed E-state index contributed by atoms with van der Waals surface area (Å²) < 4.78 is 0. The van der Waals surface area contributed by atoms with Crippen LogP contribution in [0.3, 0.4) is 0 Å². The van der Waals surface area contributed by atoms with Crippen LogP contribution in [0, 0.1) is 5.92 Å². The second-order valence-corrected chi connectivity index (χ2v) is 9.26. The number of rotatable bonds is 2. The van der Waals surface area contributed by atoms with E-state index in [1.54, 1.807) is 23.1 Å². The third kappa shape index (κ3) is 3.92. The number of benzene rings is 1. The molecular weight excluding hydrogens is 393 g/mol. The highest BCUT2D eigenvalue weighted by Gasteiger charge is 2.47. The number of nitrogens with one attached hydrogen (secondary N) is 1. The van der Waals surface area contributed by atoms with Crippen LogP contribution in [0.1, 0.15) is 26.7 Å². The number of halogens is 2. The van der Waals surface area contributed by atoms with E-state index in [9.17, 15) is 9.59 Å². The number of hydrogen-bond donors (Lipinski definition) is 1. The first kappa shape index (κ1) is 19.6. The van der Waals surface area contributed by atoms with Gasteiger partial charge in [-0.05, 0) is 31.0 Å². The molecule has 5 nitrogen and oxygen atoms in total. The maximum Gasteiger partial charge on any atom is 0.321 e. The molecule has 0 unspecified atom stereocenters. The summed E-state index contributed by atoms with van der Waals surface area (Å²) in [6.07, 6.45) is 1.59. The lowest BCUT2D eigenvalue weighted by Gasteiger charge is -2.44. The Bertz CT molecular complexity index is 706. The van der Waals surface area contributed by atoms with E-state index in [0.717, 1.165) is 25.1 Å². The Morgan fingerprint density at radius 3 is 2.46 bits per heavy atom. The van der Waals surface area contributed by atoms with E-state index in [0.29, 0.717) is 28.8 Å². The number of hydrogen-bond acceptors (Lipinski definition) is 3. The topological polar surface area (TPSA) is 52.7 Å². The minimum atomic E-state index is -0.151. The van der Waals surface area contributed by atoms with E-state index < -0.39 is 0 Å².